The van der Waals surface area contributed by atoms with Crippen LogP contribution in [0, 0.1) is 0 Å². The summed E-state index contributed by atoms with van der Waals surface area (Å²) in [5, 5.41) is 0. The van der Waals surface area contributed by atoms with Crippen molar-refractivity contribution in [2.24, 2.45) is 0 Å². The molecule has 2 rings (SSSR count). The molecule has 0 N–H and O–H groups in total. The highest BCUT2D eigenvalue weighted by atomic mass is 79.9. The zero-order valence-corrected chi connectivity index (χ0v) is 13.2. The fourth-order valence-electron chi connectivity index (χ4n) is 2.32. The SMILES string of the molecule is CCC(=O)N1CCN(C(=O)Cc2ccc(Br)cc2)CC1. The number of carbonyl (C=O) groups is 2. The topological polar surface area (TPSA) is 40.6 Å². The van der Waals surface area contributed by atoms with Gasteiger partial charge in [0.1, 0.15) is 0 Å². The van der Waals surface area contributed by atoms with Crippen LogP contribution < -0.4 is 0 Å². The van der Waals surface area contributed by atoms with Gasteiger partial charge >= 0.3 is 0 Å². The van der Waals surface area contributed by atoms with E-state index in [-0.39, 0.29) is 11.8 Å². The smallest absolute Gasteiger partial charge is 0.227 e. The van der Waals surface area contributed by atoms with Crippen molar-refractivity contribution in [3.05, 3.63) is 34.3 Å². The maximum absolute atomic E-state index is 12.2. The molecule has 1 heterocycles. The Balaban J connectivity index is 1.85. The maximum Gasteiger partial charge on any atom is 0.227 e. The molecule has 4 nitrogen and oxygen atoms in total. The molecule has 1 aliphatic rings. The second-order valence-corrected chi connectivity index (χ2v) is 5.83. The Morgan fingerprint density at radius 3 is 2.00 bits per heavy atom. The van der Waals surface area contributed by atoms with Gasteiger partial charge in [0.2, 0.25) is 11.8 Å². The predicted octanol–water partition coefficient (Wildman–Crippen LogP) is 2.07. The van der Waals surface area contributed by atoms with Gasteiger partial charge in [-0.05, 0) is 17.7 Å². The van der Waals surface area contributed by atoms with Crippen molar-refractivity contribution in [1.29, 1.82) is 0 Å². The normalized spacial score (nSPS) is 15.3. The molecule has 0 radical (unpaired) electrons. The summed E-state index contributed by atoms with van der Waals surface area (Å²) in [5.41, 5.74) is 1.02. The number of halogens is 1. The van der Waals surface area contributed by atoms with E-state index in [1.807, 2.05) is 41.0 Å². The van der Waals surface area contributed by atoms with Crippen LogP contribution in [-0.2, 0) is 16.0 Å². The monoisotopic (exact) mass is 338 g/mol. The number of carbonyl (C=O) groups excluding carboxylic acids is 2. The molecule has 5 heteroatoms. The lowest BCUT2D eigenvalue weighted by molar-refractivity contribution is -0.139. The van der Waals surface area contributed by atoms with Gasteiger partial charge in [0.05, 0.1) is 6.42 Å². The summed E-state index contributed by atoms with van der Waals surface area (Å²) in [7, 11) is 0. The maximum atomic E-state index is 12.2. The molecule has 20 heavy (non-hydrogen) atoms. The van der Waals surface area contributed by atoms with Gasteiger partial charge in [0.15, 0.2) is 0 Å². The van der Waals surface area contributed by atoms with E-state index < -0.39 is 0 Å². The van der Waals surface area contributed by atoms with Gasteiger partial charge in [-0.25, -0.2) is 0 Å². The minimum Gasteiger partial charge on any atom is -0.339 e. The van der Waals surface area contributed by atoms with E-state index in [2.05, 4.69) is 15.9 Å². The van der Waals surface area contributed by atoms with Crippen molar-refractivity contribution in [3.8, 4) is 0 Å². The third-order valence-electron chi connectivity index (χ3n) is 3.56. The Hall–Kier alpha value is -1.36. The van der Waals surface area contributed by atoms with Gasteiger partial charge in [-0.15, -0.1) is 0 Å². The highest BCUT2D eigenvalue weighted by molar-refractivity contribution is 9.10. The van der Waals surface area contributed by atoms with Crippen LogP contribution in [0.4, 0.5) is 0 Å². The van der Waals surface area contributed by atoms with Gasteiger partial charge in [-0.1, -0.05) is 35.0 Å². The molecule has 0 aromatic heterocycles. The van der Waals surface area contributed by atoms with Gasteiger partial charge in [0.25, 0.3) is 0 Å². The summed E-state index contributed by atoms with van der Waals surface area (Å²) in [6.45, 7) is 4.45. The van der Waals surface area contributed by atoms with Gasteiger partial charge in [-0.3, -0.25) is 9.59 Å². The lowest BCUT2D eigenvalue weighted by atomic mass is 10.1. The second kappa shape index (κ2) is 6.88. The fourth-order valence-corrected chi connectivity index (χ4v) is 2.58. The highest BCUT2D eigenvalue weighted by Gasteiger charge is 2.23. The molecule has 2 amide bonds. The molecule has 1 aromatic carbocycles. The van der Waals surface area contributed by atoms with Crippen LogP contribution in [0.1, 0.15) is 18.9 Å². The number of rotatable bonds is 3. The number of piperazine rings is 1. The fraction of sp³-hybridized carbons (Fsp3) is 0.467. The molecular weight excluding hydrogens is 320 g/mol. The van der Waals surface area contributed by atoms with Crippen LogP contribution in [0.3, 0.4) is 0 Å². The third-order valence-corrected chi connectivity index (χ3v) is 4.08. The average molecular weight is 339 g/mol. The first-order valence-electron chi connectivity index (χ1n) is 6.90. The Kier molecular flexibility index (Phi) is 5.17. The first-order chi connectivity index (χ1) is 9.60. The lowest BCUT2D eigenvalue weighted by Crippen LogP contribution is -2.50. The van der Waals surface area contributed by atoms with Crippen LogP contribution >= 0.6 is 15.9 Å². The third kappa shape index (κ3) is 3.82. The molecule has 0 aliphatic carbocycles. The Morgan fingerprint density at radius 1 is 1.00 bits per heavy atom. The number of benzene rings is 1. The number of amides is 2. The molecule has 0 bridgehead atoms. The molecule has 0 spiro atoms. The van der Waals surface area contributed by atoms with Crippen molar-refractivity contribution in [2.45, 2.75) is 19.8 Å². The van der Waals surface area contributed by atoms with E-state index in [0.717, 1.165) is 10.0 Å². The first-order valence-corrected chi connectivity index (χ1v) is 7.69. The van der Waals surface area contributed by atoms with Crippen LogP contribution in [0.2, 0.25) is 0 Å². The van der Waals surface area contributed by atoms with Crippen LogP contribution in [0.15, 0.2) is 28.7 Å². The molecule has 1 fully saturated rings. The Labute approximate surface area is 127 Å². The van der Waals surface area contributed by atoms with Crippen molar-refractivity contribution in [3.63, 3.8) is 0 Å². The zero-order valence-electron chi connectivity index (χ0n) is 11.6. The minimum absolute atomic E-state index is 0.135. The van der Waals surface area contributed by atoms with E-state index in [0.29, 0.717) is 39.0 Å². The van der Waals surface area contributed by atoms with Gasteiger partial charge < -0.3 is 9.80 Å². The number of hydrogen-bond acceptors (Lipinski definition) is 2. The van der Waals surface area contributed by atoms with Gasteiger partial charge in [0, 0.05) is 37.1 Å². The summed E-state index contributed by atoms with van der Waals surface area (Å²) < 4.78 is 1.01. The van der Waals surface area contributed by atoms with Crippen LogP contribution in [0.5, 0.6) is 0 Å². The van der Waals surface area contributed by atoms with Crippen LogP contribution in [0.25, 0.3) is 0 Å². The van der Waals surface area contributed by atoms with E-state index >= 15 is 0 Å². The van der Waals surface area contributed by atoms with Crippen LogP contribution in [-0.4, -0.2) is 47.8 Å². The molecule has 1 aromatic rings. The van der Waals surface area contributed by atoms with E-state index in [9.17, 15) is 9.59 Å². The summed E-state index contributed by atoms with van der Waals surface area (Å²) in [5.74, 6) is 0.306. The summed E-state index contributed by atoms with van der Waals surface area (Å²) in [6.07, 6.45) is 0.960. The molecule has 1 aliphatic heterocycles. The lowest BCUT2D eigenvalue weighted by Gasteiger charge is -2.34. The second-order valence-electron chi connectivity index (χ2n) is 4.92. The van der Waals surface area contributed by atoms with Crippen molar-refractivity contribution in [2.75, 3.05) is 26.2 Å². The molecule has 0 saturated carbocycles. The molecule has 0 atom stereocenters. The highest BCUT2D eigenvalue weighted by Crippen LogP contribution is 2.12. The predicted molar refractivity (Wildman–Crippen MR) is 81.3 cm³/mol. The van der Waals surface area contributed by atoms with Crippen molar-refractivity contribution >= 4 is 27.7 Å². The minimum atomic E-state index is 0.135. The molecule has 0 unspecified atom stereocenters. The summed E-state index contributed by atoms with van der Waals surface area (Å²) in [6, 6.07) is 7.80. The number of hydrogen-bond donors (Lipinski definition) is 0. The standard InChI is InChI=1S/C15H19BrN2O2/c1-2-14(19)17-7-9-18(10-8-17)15(20)11-12-3-5-13(16)6-4-12/h3-6H,2,7-11H2,1H3. The van der Waals surface area contributed by atoms with Crippen molar-refractivity contribution < 1.29 is 9.59 Å². The van der Waals surface area contributed by atoms with E-state index in [1.54, 1.807) is 0 Å². The largest absolute Gasteiger partial charge is 0.339 e. The molecule has 108 valence electrons. The molecular formula is C15H19BrN2O2. The zero-order chi connectivity index (χ0) is 14.5. The Morgan fingerprint density at radius 2 is 1.50 bits per heavy atom. The average Bonchev–Trinajstić information content (AvgIpc) is 2.49. The summed E-state index contributed by atoms with van der Waals surface area (Å²) in [4.78, 5) is 27.5. The first kappa shape index (κ1) is 15.0. The van der Waals surface area contributed by atoms with Crippen molar-refractivity contribution in [1.82, 2.24) is 9.80 Å². The molecule has 1 saturated heterocycles. The van der Waals surface area contributed by atoms with Gasteiger partial charge in [-0.2, -0.15) is 0 Å². The quantitative estimate of drug-likeness (QED) is 0.846. The summed E-state index contributed by atoms with van der Waals surface area (Å²) >= 11 is 3.38. The van der Waals surface area contributed by atoms with E-state index in [1.165, 1.54) is 0 Å². The Bertz CT molecular complexity index is 479. The van der Waals surface area contributed by atoms with E-state index in [4.69, 9.17) is 0 Å². The number of nitrogens with zero attached hydrogens (tertiary/aromatic N) is 2.